The summed E-state index contributed by atoms with van der Waals surface area (Å²) in [6, 6.07) is 9.16. The quantitative estimate of drug-likeness (QED) is 0.807. The Balaban J connectivity index is 2.24. The van der Waals surface area contributed by atoms with Crippen molar-refractivity contribution in [2.24, 2.45) is 0 Å². The molecule has 6 heteroatoms. The molecule has 0 saturated heterocycles. The molecule has 0 saturated carbocycles. The fourth-order valence-corrected chi connectivity index (χ4v) is 3.43. The zero-order valence-corrected chi connectivity index (χ0v) is 12.7. The molecule has 0 bridgehead atoms. The van der Waals surface area contributed by atoms with E-state index >= 15 is 0 Å². The summed E-state index contributed by atoms with van der Waals surface area (Å²) >= 11 is 0. The highest BCUT2D eigenvalue weighted by atomic mass is 32.2. The van der Waals surface area contributed by atoms with E-state index in [0.717, 1.165) is 16.6 Å². The monoisotopic (exact) mass is 300 g/mol. The van der Waals surface area contributed by atoms with Crippen molar-refractivity contribution < 1.29 is 4.21 Å². The summed E-state index contributed by atoms with van der Waals surface area (Å²) in [4.78, 5) is 4.62. The molecule has 3 aromatic rings. The summed E-state index contributed by atoms with van der Waals surface area (Å²) in [7, 11) is -2.84. The number of hydrogen-bond donors (Lipinski definition) is 1. The Labute approximate surface area is 123 Å². The van der Waals surface area contributed by atoms with E-state index in [1.54, 1.807) is 43.1 Å². The Morgan fingerprint density at radius 3 is 2.71 bits per heavy atom. The number of pyridine rings is 1. The van der Waals surface area contributed by atoms with E-state index in [-0.39, 0.29) is 5.25 Å². The standard InChI is InChI=1S/C15H16N4OS/c1-11(2)21(16,20)15-7-3-6-14-13(15)10-19(18-14)12-5-4-8-17-9-12/h3-11,16H,1-2H3. The lowest BCUT2D eigenvalue weighted by molar-refractivity contribution is 0.668. The van der Waals surface area contributed by atoms with Crippen molar-refractivity contribution in [2.75, 3.05) is 0 Å². The van der Waals surface area contributed by atoms with Crippen LogP contribution in [-0.4, -0.2) is 24.2 Å². The van der Waals surface area contributed by atoms with Crippen molar-refractivity contribution in [1.82, 2.24) is 14.8 Å². The maximum absolute atomic E-state index is 12.7. The number of rotatable bonds is 3. The van der Waals surface area contributed by atoms with Gasteiger partial charge in [0.05, 0.1) is 32.0 Å². The van der Waals surface area contributed by atoms with E-state index in [2.05, 4.69) is 10.1 Å². The van der Waals surface area contributed by atoms with Crippen molar-refractivity contribution in [3.63, 3.8) is 0 Å². The second kappa shape index (κ2) is 4.96. The molecule has 0 spiro atoms. The number of benzene rings is 1. The van der Waals surface area contributed by atoms with Gasteiger partial charge in [-0.3, -0.25) is 4.98 Å². The Morgan fingerprint density at radius 1 is 1.24 bits per heavy atom. The van der Waals surface area contributed by atoms with Gasteiger partial charge in [-0.25, -0.2) is 13.7 Å². The van der Waals surface area contributed by atoms with E-state index < -0.39 is 9.73 Å². The third kappa shape index (κ3) is 2.31. The van der Waals surface area contributed by atoms with Crippen LogP contribution < -0.4 is 0 Å². The minimum absolute atomic E-state index is 0.246. The second-order valence-electron chi connectivity index (χ2n) is 5.12. The largest absolute Gasteiger partial charge is 0.262 e. The van der Waals surface area contributed by atoms with Crippen LogP contribution in [0.1, 0.15) is 13.8 Å². The third-order valence-electron chi connectivity index (χ3n) is 3.41. The number of hydrogen-bond acceptors (Lipinski definition) is 4. The SMILES string of the molecule is CC(C)S(=N)(=O)c1cccc2nn(-c3cccnc3)cc12. The van der Waals surface area contributed by atoms with Crippen LogP contribution >= 0.6 is 0 Å². The molecule has 0 aliphatic heterocycles. The zero-order chi connectivity index (χ0) is 15.0. The lowest BCUT2D eigenvalue weighted by Gasteiger charge is -2.11. The van der Waals surface area contributed by atoms with Gasteiger partial charge in [-0.2, -0.15) is 5.10 Å². The first-order valence-electron chi connectivity index (χ1n) is 6.66. The number of fused-ring (bicyclic) bond motifs is 1. The fraction of sp³-hybridized carbons (Fsp3) is 0.200. The Kier molecular flexibility index (Phi) is 3.25. The molecule has 1 unspecified atom stereocenters. The summed E-state index contributed by atoms with van der Waals surface area (Å²) < 4.78 is 22.6. The average molecular weight is 300 g/mol. The molecule has 5 nitrogen and oxygen atoms in total. The number of aromatic nitrogens is 3. The van der Waals surface area contributed by atoms with Gasteiger partial charge in [0.15, 0.2) is 0 Å². The van der Waals surface area contributed by atoms with Gasteiger partial charge in [0.1, 0.15) is 0 Å². The van der Waals surface area contributed by atoms with Crippen molar-refractivity contribution in [2.45, 2.75) is 24.0 Å². The van der Waals surface area contributed by atoms with E-state index in [1.165, 1.54) is 0 Å². The Morgan fingerprint density at radius 2 is 2.05 bits per heavy atom. The van der Waals surface area contributed by atoms with Crippen LogP contribution in [0.2, 0.25) is 0 Å². The molecular weight excluding hydrogens is 284 g/mol. The van der Waals surface area contributed by atoms with E-state index in [0.29, 0.717) is 4.90 Å². The second-order valence-corrected chi connectivity index (χ2v) is 7.71. The minimum atomic E-state index is -2.84. The smallest absolute Gasteiger partial charge is 0.0940 e. The van der Waals surface area contributed by atoms with E-state index in [1.807, 2.05) is 24.4 Å². The van der Waals surface area contributed by atoms with Crippen molar-refractivity contribution >= 4 is 20.6 Å². The first-order chi connectivity index (χ1) is 10.00. The molecule has 1 aromatic carbocycles. The molecule has 0 aliphatic rings. The summed E-state index contributed by atoms with van der Waals surface area (Å²) in [5, 5.41) is 5.00. The Hall–Kier alpha value is -2.21. The van der Waals surface area contributed by atoms with Gasteiger partial charge in [0, 0.05) is 23.0 Å². The summed E-state index contributed by atoms with van der Waals surface area (Å²) in [6.07, 6.45) is 5.23. The predicted molar refractivity (Wildman–Crippen MR) is 83.1 cm³/mol. The summed E-state index contributed by atoms with van der Waals surface area (Å²) in [5.74, 6) is 0. The highest BCUT2D eigenvalue weighted by Gasteiger charge is 2.19. The molecule has 1 atom stereocenters. The molecule has 0 radical (unpaired) electrons. The van der Waals surface area contributed by atoms with Crippen LogP contribution in [0, 0.1) is 4.78 Å². The molecule has 3 rings (SSSR count). The van der Waals surface area contributed by atoms with Crippen LogP contribution in [0.3, 0.4) is 0 Å². The first kappa shape index (κ1) is 13.8. The lowest BCUT2D eigenvalue weighted by Crippen LogP contribution is -2.12. The topological polar surface area (TPSA) is 71.6 Å². The van der Waals surface area contributed by atoms with Crippen LogP contribution in [0.15, 0.2) is 53.8 Å². The molecule has 2 aromatic heterocycles. The normalized spacial score (nSPS) is 14.4. The zero-order valence-electron chi connectivity index (χ0n) is 11.9. The minimum Gasteiger partial charge on any atom is -0.262 e. The van der Waals surface area contributed by atoms with Gasteiger partial charge >= 0.3 is 0 Å². The summed E-state index contributed by atoms with van der Waals surface area (Å²) in [5.41, 5.74) is 1.57. The van der Waals surface area contributed by atoms with E-state index in [4.69, 9.17) is 4.78 Å². The van der Waals surface area contributed by atoms with Gasteiger partial charge in [-0.05, 0) is 38.1 Å². The molecule has 108 valence electrons. The van der Waals surface area contributed by atoms with Gasteiger partial charge in [0.25, 0.3) is 0 Å². The maximum Gasteiger partial charge on any atom is 0.0940 e. The molecule has 21 heavy (non-hydrogen) atoms. The first-order valence-corrected chi connectivity index (χ1v) is 8.29. The van der Waals surface area contributed by atoms with Crippen LogP contribution in [0.4, 0.5) is 0 Å². The van der Waals surface area contributed by atoms with Crippen molar-refractivity contribution in [1.29, 1.82) is 4.78 Å². The Bertz CT molecular complexity index is 882. The average Bonchev–Trinajstić information content (AvgIpc) is 2.91. The number of nitrogens with one attached hydrogen (secondary N) is 1. The van der Waals surface area contributed by atoms with Crippen LogP contribution in [0.25, 0.3) is 16.6 Å². The van der Waals surface area contributed by atoms with Gasteiger partial charge in [0.2, 0.25) is 0 Å². The van der Waals surface area contributed by atoms with Gasteiger partial charge in [-0.15, -0.1) is 0 Å². The van der Waals surface area contributed by atoms with Crippen molar-refractivity contribution in [3.05, 3.63) is 48.9 Å². The number of nitrogens with zero attached hydrogens (tertiary/aromatic N) is 3. The van der Waals surface area contributed by atoms with E-state index in [9.17, 15) is 4.21 Å². The molecule has 0 fully saturated rings. The van der Waals surface area contributed by atoms with Crippen LogP contribution in [0.5, 0.6) is 0 Å². The summed E-state index contributed by atoms with van der Waals surface area (Å²) in [6.45, 7) is 3.61. The molecule has 0 aliphatic carbocycles. The highest BCUT2D eigenvalue weighted by Crippen LogP contribution is 2.26. The third-order valence-corrected chi connectivity index (χ3v) is 5.75. The molecule has 2 heterocycles. The molecule has 1 N–H and O–H groups in total. The van der Waals surface area contributed by atoms with Gasteiger partial charge in [-0.1, -0.05) is 6.07 Å². The molecule has 0 amide bonds. The maximum atomic E-state index is 12.7. The highest BCUT2D eigenvalue weighted by molar-refractivity contribution is 7.93. The fourth-order valence-electron chi connectivity index (χ4n) is 2.16. The lowest BCUT2D eigenvalue weighted by atomic mass is 10.2. The van der Waals surface area contributed by atoms with Gasteiger partial charge < -0.3 is 0 Å². The van der Waals surface area contributed by atoms with Crippen LogP contribution in [-0.2, 0) is 9.73 Å². The van der Waals surface area contributed by atoms with Crippen molar-refractivity contribution in [3.8, 4) is 5.69 Å². The predicted octanol–water partition coefficient (Wildman–Crippen LogP) is 3.23. The molecular formula is C15H16N4OS.